The van der Waals surface area contributed by atoms with E-state index in [2.05, 4.69) is 10.3 Å². The SMILES string of the molecule is CN(C)c1ccc(C(=O)NC2(C(=O)O)CCOC2)cn1. The molecule has 1 aliphatic heterocycles. The van der Waals surface area contributed by atoms with Crippen LogP contribution < -0.4 is 10.2 Å². The molecule has 20 heavy (non-hydrogen) atoms. The van der Waals surface area contributed by atoms with Crippen molar-refractivity contribution in [2.45, 2.75) is 12.0 Å². The Balaban J connectivity index is 2.13. The Morgan fingerprint density at radius 3 is 2.65 bits per heavy atom. The van der Waals surface area contributed by atoms with Crippen LogP contribution in [-0.4, -0.2) is 54.8 Å². The van der Waals surface area contributed by atoms with Crippen molar-refractivity contribution in [2.24, 2.45) is 0 Å². The largest absolute Gasteiger partial charge is 0.479 e. The molecule has 0 aliphatic carbocycles. The normalized spacial score (nSPS) is 21.5. The molecule has 2 rings (SSSR count). The monoisotopic (exact) mass is 279 g/mol. The summed E-state index contributed by atoms with van der Waals surface area (Å²) in [5.41, 5.74) is -1.01. The van der Waals surface area contributed by atoms with Crippen molar-refractivity contribution in [2.75, 3.05) is 32.2 Å². The van der Waals surface area contributed by atoms with E-state index in [1.807, 2.05) is 19.0 Å². The van der Waals surface area contributed by atoms with Gasteiger partial charge >= 0.3 is 5.97 Å². The predicted molar refractivity (Wildman–Crippen MR) is 71.8 cm³/mol. The lowest BCUT2D eigenvalue weighted by atomic mass is 9.98. The molecule has 0 spiro atoms. The molecule has 1 fully saturated rings. The van der Waals surface area contributed by atoms with Crippen molar-refractivity contribution in [3.8, 4) is 0 Å². The molecule has 1 atom stereocenters. The number of hydrogen-bond donors (Lipinski definition) is 2. The van der Waals surface area contributed by atoms with Crippen molar-refractivity contribution in [3.05, 3.63) is 23.9 Å². The third kappa shape index (κ3) is 2.72. The number of pyridine rings is 1. The Morgan fingerprint density at radius 2 is 2.20 bits per heavy atom. The number of ether oxygens (including phenoxy) is 1. The van der Waals surface area contributed by atoms with E-state index in [1.54, 1.807) is 12.1 Å². The van der Waals surface area contributed by atoms with E-state index in [-0.39, 0.29) is 13.0 Å². The van der Waals surface area contributed by atoms with Crippen LogP contribution in [0.2, 0.25) is 0 Å². The molecule has 1 aromatic heterocycles. The summed E-state index contributed by atoms with van der Waals surface area (Å²) in [4.78, 5) is 29.4. The molecule has 108 valence electrons. The molecule has 0 radical (unpaired) electrons. The van der Waals surface area contributed by atoms with E-state index in [4.69, 9.17) is 4.74 Å². The van der Waals surface area contributed by atoms with Crippen LogP contribution in [0.25, 0.3) is 0 Å². The van der Waals surface area contributed by atoms with Gasteiger partial charge in [-0.3, -0.25) is 4.79 Å². The molecular weight excluding hydrogens is 262 g/mol. The highest BCUT2D eigenvalue weighted by Gasteiger charge is 2.44. The second-order valence-electron chi connectivity index (χ2n) is 4.94. The maximum Gasteiger partial charge on any atom is 0.331 e. The first-order valence-electron chi connectivity index (χ1n) is 6.22. The minimum absolute atomic E-state index is 0.0166. The number of aromatic nitrogens is 1. The number of anilines is 1. The number of rotatable bonds is 4. The van der Waals surface area contributed by atoms with Gasteiger partial charge in [-0.15, -0.1) is 0 Å². The summed E-state index contributed by atoms with van der Waals surface area (Å²) in [5, 5.41) is 11.8. The van der Waals surface area contributed by atoms with Gasteiger partial charge in [0.2, 0.25) is 0 Å². The number of carbonyl (C=O) groups is 2. The average molecular weight is 279 g/mol. The van der Waals surface area contributed by atoms with Crippen LogP contribution in [0, 0.1) is 0 Å². The van der Waals surface area contributed by atoms with Crippen LogP contribution >= 0.6 is 0 Å². The molecule has 7 nitrogen and oxygen atoms in total. The van der Waals surface area contributed by atoms with E-state index in [0.29, 0.717) is 12.2 Å². The number of nitrogens with one attached hydrogen (secondary N) is 1. The predicted octanol–water partition coefficient (Wildman–Crippen LogP) is 0.121. The van der Waals surface area contributed by atoms with Crippen LogP contribution in [0.15, 0.2) is 18.3 Å². The third-order valence-corrected chi connectivity index (χ3v) is 3.25. The Labute approximate surface area is 116 Å². The van der Waals surface area contributed by atoms with Crippen LogP contribution in [0.1, 0.15) is 16.8 Å². The van der Waals surface area contributed by atoms with Crippen molar-refractivity contribution in [3.63, 3.8) is 0 Å². The topological polar surface area (TPSA) is 91.8 Å². The van der Waals surface area contributed by atoms with Gasteiger partial charge in [-0.2, -0.15) is 0 Å². The zero-order valence-corrected chi connectivity index (χ0v) is 11.4. The number of nitrogens with zero attached hydrogens (tertiary/aromatic N) is 2. The maximum absolute atomic E-state index is 12.1. The summed E-state index contributed by atoms with van der Waals surface area (Å²) >= 11 is 0. The molecule has 1 aromatic rings. The number of carboxylic acids is 1. The van der Waals surface area contributed by atoms with Gasteiger partial charge in [-0.1, -0.05) is 0 Å². The quantitative estimate of drug-likeness (QED) is 0.813. The Hall–Kier alpha value is -2.15. The molecule has 0 saturated carbocycles. The summed E-state index contributed by atoms with van der Waals surface area (Å²) in [7, 11) is 3.69. The highest BCUT2D eigenvalue weighted by molar-refractivity contribution is 5.97. The first kappa shape index (κ1) is 14.3. The molecule has 0 aromatic carbocycles. The van der Waals surface area contributed by atoms with E-state index in [0.717, 1.165) is 5.82 Å². The smallest absolute Gasteiger partial charge is 0.331 e. The molecule has 2 N–H and O–H groups in total. The minimum atomic E-state index is -1.34. The van der Waals surface area contributed by atoms with E-state index in [1.165, 1.54) is 6.20 Å². The van der Waals surface area contributed by atoms with Gasteiger partial charge < -0.3 is 20.1 Å². The van der Waals surface area contributed by atoms with Gasteiger partial charge in [0.25, 0.3) is 5.91 Å². The molecular formula is C13H17N3O4. The van der Waals surface area contributed by atoms with Crippen molar-refractivity contribution < 1.29 is 19.4 Å². The average Bonchev–Trinajstić information content (AvgIpc) is 2.88. The molecule has 7 heteroatoms. The molecule has 1 unspecified atom stereocenters. The summed E-state index contributed by atoms with van der Waals surface area (Å²) in [5.74, 6) is -0.823. The lowest BCUT2D eigenvalue weighted by molar-refractivity contribution is -0.144. The minimum Gasteiger partial charge on any atom is -0.479 e. The van der Waals surface area contributed by atoms with E-state index >= 15 is 0 Å². The number of hydrogen-bond acceptors (Lipinski definition) is 5. The van der Waals surface area contributed by atoms with Crippen LogP contribution in [0.5, 0.6) is 0 Å². The Bertz CT molecular complexity index is 507. The van der Waals surface area contributed by atoms with Crippen LogP contribution in [-0.2, 0) is 9.53 Å². The van der Waals surface area contributed by atoms with Gasteiger partial charge in [0.15, 0.2) is 5.54 Å². The Kier molecular flexibility index (Phi) is 3.89. The fourth-order valence-electron chi connectivity index (χ4n) is 1.96. The number of carboxylic acid groups (broad SMARTS) is 1. The van der Waals surface area contributed by atoms with Crippen molar-refractivity contribution >= 4 is 17.7 Å². The summed E-state index contributed by atoms with van der Waals surface area (Å²) in [6, 6.07) is 3.32. The lowest BCUT2D eigenvalue weighted by Crippen LogP contribution is -2.55. The van der Waals surface area contributed by atoms with Crippen LogP contribution in [0.3, 0.4) is 0 Å². The fraction of sp³-hybridized carbons (Fsp3) is 0.462. The van der Waals surface area contributed by atoms with Gasteiger partial charge in [0.1, 0.15) is 5.82 Å². The standard InChI is InChI=1S/C13H17N3O4/c1-16(2)10-4-3-9(7-14-10)11(17)15-13(12(18)19)5-6-20-8-13/h3-4,7H,5-6,8H2,1-2H3,(H,15,17)(H,18,19). The first-order chi connectivity index (χ1) is 9.44. The lowest BCUT2D eigenvalue weighted by Gasteiger charge is -2.23. The summed E-state index contributed by atoms with van der Waals surface area (Å²) in [6.07, 6.45) is 1.69. The maximum atomic E-state index is 12.1. The van der Waals surface area contributed by atoms with Gasteiger partial charge in [0.05, 0.1) is 12.2 Å². The third-order valence-electron chi connectivity index (χ3n) is 3.25. The second kappa shape index (κ2) is 5.46. The molecule has 2 heterocycles. The molecule has 1 aliphatic rings. The van der Waals surface area contributed by atoms with Gasteiger partial charge in [-0.05, 0) is 12.1 Å². The molecule has 0 bridgehead atoms. The highest BCUT2D eigenvalue weighted by atomic mass is 16.5. The number of aliphatic carboxylic acids is 1. The van der Waals surface area contributed by atoms with Crippen LogP contribution in [0.4, 0.5) is 5.82 Å². The zero-order chi connectivity index (χ0) is 14.8. The van der Waals surface area contributed by atoms with Crippen molar-refractivity contribution in [1.82, 2.24) is 10.3 Å². The zero-order valence-electron chi connectivity index (χ0n) is 11.4. The van der Waals surface area contributed by atoms with E-state index in [9.17, 15) is 14.7 Å². The summed E-state index contributed by atoms with van der Waals surface area (Å²) in [6.45, 7) is 0.307. The first-order valence-corrected chi connectivity index (χ1v) is 6.22. The van der Waals surface area contributed by atoms with Crippen molar-refractivity contribution in [1.29, 1.82) is 0 Å². The van der Waals surface area contributed by atoms with Gasteiger partial charge in [-0.25, -0.2) is 9.78 Å². The fourth-order valence-corrected chi connectivity index (χ4v) is 1.96. The highest BCUT2D eigenvalue weighted by Crippen LogP contribution is 2.20. The summed E-state index contributed by atoms with van der Waals surface area (Å²) < 4.78 is 5.09. The molecule has 1 saturated heterocycles. The van der Waals surface area contributed by atoms with Gasteiger partial charge in [0, 0.05) is 33.3 Å². The number of carbonyl (C=O) groups excluding carboxylic acids is 1. The van der Waals surface area contributed by atoms with E-state index < -0.39 is 17.4 Å². The second-order valence-corrected chi connectivity index (χ2v) is 4.94. The number of amides is 1. The molecule has 1 amide bonds. The Morgan fingerprint density at radius 1 is 1.45 bits per heavy atom.